The van der Waals surface area contributed by atoms with Gasteiger partial charge < -0.3 is 25.8 Å². The van der Waals surface area contributed by atoms with E-state index in [-0.39, 0.29) is 25.3 Å². The monoisotopic (exact) mass is 446 g/mol. The zero-order valence-electron chi connectivity index (χ0n) is 20.3. The number of esters is 1. The van der Waals surface area contributed by atoms with E-state index in [0.29, 0.717) is 6.21 Å². The average Bonchev–Trinajstić information content (AvgIpc) is 3.13. The van der Waals surface area contributed by atoms with Crippen LogP contribution in [-0.4, -0.2) is 54.1 Å². The van der Waals surface area contributed by atoms with Crippen LogP contribution >= 0.6 is 0 Å². The standard InChI is InChI=1S/C13H23N3O4.C9H9N.C2H6/c1-13(2,3)20-12(19)10(6-5-9(17)7-14)16-11(18)8-15-4;1-7-6-10-9-5-3-2-4-8(7)9;1-2/h7,10,14-15H,5-6,8H2,1-4H3,(H,16,18);2-6,10H,1H3;1-2H3. The number of nitrogens with one attached hydrogen (secondary N) is 4. The summed E-state index contributed by atoms with van der Waals surface area (Å²) in [5.74, 6) is -1.34. The van der Waals surface area contributed by atoms with Crippen LogP contribution in [0.1, 0.15) is 53.0 Å². The molecule has 178 valence electrons. The second-order valence-corrected chi connectivity index (χ2v) is 7.85. The summed E-state index contributed by atoms with van der Waals surface area (Å²) in [5.41, 5.74) is 1.87. The highest BCUT2D eigenvalue weighted by Gasteiger charge is 2.26. The number of aromatic amines is 1. The average molecular weight is 447 g/mol. The van der Waals surface area contributed by atoms with Crippen molar-refractivity contribution in [2.75, 3.05) is 13.6 Å². The van der Waals surface area contributed by atoms with Crippen molar-refractivity contribution in [1.82, 2.24) is 15.6 Å². The molecule has 2 aromatic rings. The molecular weight excluding hydrogens is 408 g/mol. The van der Waals surface area contributed by atoms with Crippen molar-refractivity contribution < 1.29 is 19.1 Å². The molecule has 0 bridgehead atoms. The number of rotatable bonds is 8. The summed E-state index contributed by atoms with van der Waals surface area (Å²) in [6.07, 6.45) is 2.85. The number of para-hydroxylation sites is 1. The van der Waals surface area contributed by atoms with Crippen LogP contribution in [-0.2, 0) is 19.1 Å². The zero-order valence-corrected chi connectivity index (χ0v) is 20.3. The number of ether oxygens (including phenoxy) is 1. The van der Waals surface area contributed by atoms with E-state index < -0.39 is 23.4 Å². The van der Waals surface area contributed by atoms with Gasteiger partial charge in [0.2, 0.25) is 5.91 Å². The number of carbonyl (C=O) groups is 3. The Bertz CT molecular complexity index is 868. The number of hydrogen-bond donors (Lipinski definition) is 4. The predicted molar refractivity (Wildman–Crippen MR) is 129 cm³/mol. The summed E-state index contributed by atoms with van der Waals surface area (Å²) in [5, 5.41) is 13.3. The van der Waals surface area contributed by atoms with E-state index in [1.54, 1.807) is 27.8 Å². The van der Waals surface area contributed by atoms with E-state index in [2.05, 4.69) is 40.7 Å². The Morgan fingerprint density at radius 3 is 2.34 bits per heavy atom. The summed E-state index contributed by atoms with van der Waals surface area (Å²) in [6, 6.07) is 7.42. The molecule has 1 aromatic heterocycles. The van der Waals surface area contributed by atoms with Crippen molar-refractivity contribution in [3.8, 4) is 0 Å². The van der Waals surface area contributed by atoms with Crippen LogP contribution in [0.3, 0.4) is 0 Å². The lowest BCUT2D eigenvalue weighted by atomic mass is 10.1. The second-order valence-electron chi connectivity index (χ2n) is 7.85. The minimum atomic E-state index is -0.890. The van der Waals surface area contributed by atoms with Crippen molar-refractivity contribution in [2.24, 2.45) is 0 Å². The van der Waals surface area contributed by atoms with Gasteiger partial charge in [0, 0.05) is 23.5 Å². The highest BCUT2D eigenvalue weighted by molar-refractivity contribution is 6.26. The molecule has 2 rings (SSSR count). The first-order valence-electron chi connectivity index (χ1n) is 10.8. The normalized spacial score (nSPS) is 11.2. The first kappa shape index (κ1) is 29.0. The molecular formula is C24H38N4O4. The molecule has 0 aliphatic heterocycles. The Balaban J connectivity index is 0.000000656. The molecule has 4 N–H and O–H groups in total. The van der Waals surface area contributed by atoms with Gasteiger partial charge in [0.05, 0.1) is 12.8 Å². The van der Waals surface area contributed by atoms with Crippen LogP contribution in [0.15, 0.2) is 30.5 Å². The van der Waals surface area contributed by atoms with Crippen molar-refractivity contribution in [2.45, 2.75) is 66.0 Å². The topological polar surface area (TPSA) is 124 Å². The molecule has 0 saturated carbocycles. The first-order valence-corrected chi connectivity index (χ1v) is 10.8. The molecule has 8 nitrogen and oxygen atoms in total. The van der Waals surface area contributed by atoms with Gasteiger partial charge in [-0.15, -0.1) is 0 Å². The Morgan fingerprint density at radius 1 is 1.19 bits per heavy atom. The quantitative estimate of drug-likeness (QED) is 0.365. The minimum absolute atomic E-state index is 0.00719. The summed E-state index contributed by atoms with van der Waals surface area (Å²) < 4.78 is 5.20. The number of benzene rings is 1. The van der Waals surface area contributed by atoms with Crippen LogP contribution in [0, 0.1) is 12.3 Å². The van der Waals surface area contributed by atoms with Crippen LogP contribution in [0.5, 0.6) is 0 Å². The number of carbonyl (C=O) groups excluding carboxylic acids is 3. The van der Waals surface area contributed by atoms with Gasteiger partial charge in [0.1, 0.15) is 11.6 Å². The number of H-pyrrole nitrogens is 1. The fourth-order valence-corrected chi connectivity index (χ4v) is 2.60. The summed E-state index contributed by atoms with van der Waals surface area (Å²) >= 11 is 0. The summed E-state index contributed by atoms with van der Waals surface area (Å²) in [7, 11) is 1.61. The van der Waals surface area contributed by atoms with Gasteiger partial charge in [-0.1, -0.05) is 32.0 Å². The molecule has 1 aromatic carbocycles. The maximum absolute atomic E-state index is 12.0. The largest absolute Gasteiger partial charge is 0.458 e. The molecule has 8 heteroatoms. The van der Waals surface area contributed by atoms with Crippen molar-refractivity contribution >= 4 is 34.8 Å². The van der Waals surface area contributed by atoms with E-state index in [1.807, 2.05) is 26.1 Å². The Labute approximate surface area is 191 Å². The fraction of sp³-hybridized carbons (Fsp3) is 0.500. The number of likely N-dealkylation sites (N-methyl/N-ethyl adjacent to an activating group) is 1. The molecule has 1 amide bonds. The van der Waals surface area contributed by atoms with Crippen LogP contribution in [0.4, 0.5) is 0 Å². The van der Waals surface area contributed by atoms with Crippen molar-refractivity contribution in [3.05, 3.63) is 36.0 Å². The van der Waals surface area contributed by atoms with Crippen molar-refractivity contribution in [1.29, 1.82) is 5.41 Å². The SMILES string of the molecule is CC.CNCC(=O)NC(CCC(=O)C=N)C(=O)OC(C)(C)C.Cc1c[nH]c2ccccc12. The fourth-order valence-electron chi connectivity index (χ4n) is 2.60. The molecule has 0 aliphatic rings. The van der Waals surface area contributed by atoms with Crippen molar-refractivity contribution in [3.63, 3.8) is 0 Å². The van der Waals surface area contributed by atoms with E-state index in [0.717, 1.165) is 0 Å². The highest BCUT2D eigenvalue weighted by atomic mass is 16.6. The zero-order chi connectivity index (χ0) is 24.7. The molecule has 32 heavy (non-hydrogen) atoms. The molecule has 1 heterocycles. The molecule has 0 saturated heterocycles. The van der Waals surface area contributed by atoms with Gasteiger partial charge in [0.25, 0.3) is 0 Å². The molecule has 1 unspecified atom stereocenters. The van der Waals surface area contributed by atoms with E-state index >= 15 is 0 Å². The van der Waals surface area contributed by atoms with Gasteiger partial charge in [-0.25, -0.2) is 4.79 Å². The number of aryl methyl sites for hydroxylation is 1. The predicted octanol–water partition coefficient (Wildman–Crippen LogP) is 3.53. The molecule has 0 fully saturated rings. The number of fused-ring (bicyclic) bond motifs is 1. The lowest BCUT2D eigenvalue weighted by Crippen LogP contribution is -2.46. The Kier molecular flexibility index (Phi) is 13.5. The number of hydrogen-bond acceptors (Lipinski definition) is 6. The maximum atomic E-state index is 12.0. The van der Waals surface area contributed by atoms with Crippen LogP contribution < -0.4 is 10.6 Å². The van der Waals surface area contributed by atoms with E-state index in [4.69, 9.17) is 10.1 Å². The van der Waals surface area contributed by atoms with E-state index in [1.165, 1.54) is 16.5 Å². The third kappa shape index (κ3) is 11.4. The number of amides is 1. The van der Waals surface area contributed by atoms with Gasteiger partial charge >= 0.3 is 5.97 Å². The number of ketones is 1. The summed E-state index contributed by atoms with van der Waals surface area (Å²) in [6.45, 7) is 11.3. The van der Waals surface area contributed by atoms with Gasteiger partial charge in [-0.3, -0.25) is 9.59 Å². The molecule has 1 atom stereocenters. The maximum Gasteiger partial charge on any atom is 0.329 e. The third-order valence-electron chi connectivity index (χ3n) is 4.00. The van der Waals surface area contributed by atoms with Crippen LogP contribution in [0.25, 0.3) is 10.9 Å². The molecule has 0 radical (unpaired) electrons. The second kappa shape index (κ2) is 14.9. The Morgan fingerprint density at radius 2 is 1.81 bits per heavy atom. The van der Waals surface area contributed by atoms with Gasteiger partial charge in [-0.2, -0.15) is 0 Å². The van der Waals surface area contributed by atoms with Crippen LogP contribution in [0.2, 0.25) is 0 Å². The lowest BCUT2D eigenvalue weighted by molar-refractivity contribution is -0.158. The number of Topliss-reactive ketones (excluding diaryl/α,β-unsaturated/α-hetero) is 1. The van der Waals surface area contributed by atoms with Gasteiger partial charge in [-0.05, 0) is 52.8 Å². The first-order chi connectivity index (χ1) is 15.1. The van der Waals surface area contributed by atoms with Gasteiger partial charge in [0.15, 0.2) is 5.78 Å². The Hall–Kier alpha value is -3.00. The smallest absolute Gasteiger partial charge is 0.329 e. The summed E-state index contributed by atoms with van der Waals surface area (Å²) in [4.78, 5) is 37.8. The highest BCUT2D eigenvalue weighted by Crippen LogP contribution is 2.15. The molecule has 0 aliphatic carbocycles. The number of aromatic nitrogens is 1. The minimum Gasteiger partial charge on any atom is -0.458 e. The third-order valence-corrected chi connectivity index (χ3v) is 4.00. The lowest BCUT2D eigenvalue weighted by Gasteiger charge is -2.24. The molecule has 0 spiro atoms. The van der Waals surface area contributed by atoms with E-state index in [9.17, 15) is 14.4 Å².